The predicted octanol–water partition coefficient (Wildman–Crippen LogP) is 13.1. The highest BCUT2D eigenvalue weighted by Crippen LogP contribution is 2.38. The third kappa shape index (κ3) is 6.87. The van der Waals surface area contributed by atoms with E-state index in [0.29, 0.717) is 0 Å². The van der Waals surface area contributed by atoms with Crippen LogP contribution in [0.3, 0.4) is 0 Å². The molecule has 2 aliphatic carbocycles. The summed E-state index contributed by atoms with van der Waals surface area (Å²) < 4.78 is 0. The van der Waals surface area contributed by atoms with Crippen molar-refractivity contribution in [3.8, 4) is 22.3 Å². The Balaban J connectivity index is 0.00000186. The van der Waals surface area contributed by atoms with Crippen LogP contribution in [-0.2, 0) is 0 Å². The summed E-state index contributed by atoms with van der Waals surface area (Å²) in [6.45, 7) is 4.00. The molecule has 49 heavy (non-hydrogen) atoms. The number of fused-ring (bicyclic) bond motifs is 1. The maximum absolute atomic E-state index is 2.51. The molecule has 0 aliphatic heterocycles. The van der Waals surface area contributed by atoms with Gasteiger partial charge in [-0.2, -0.15) is 0 Å². The zero-order valence-electron chi connectivity index (χ0n) is 28.8. The highest BCUT2D eigenvalue weighted by atomic mass is 15.2. The van der Waals surface area contributed by atoms with Gasteiger partial charge in [-0.25, -0.2) is 0 Å². The number of hydrogen-bond donors (Lipinski definition) is 0. The van der Waals surface area contributed by atoms with Gasteiger partial charge in [-0.3, -0.25) is 0 Å². The lowest BCUT2D eigenvalue weighted by atomic mass is 9.87. The Labute approximate surface area is 292 Å². The summed E-state index contributed by atoms with van der Waals surface area (Å²) >= 11 is 0. The molecular formula is C47H44N2. The van der Waals surface area contributed by atoms with Crippen LogP contribution >= 0.6 is 0 Å². The van der Waals surface area contributed by atoms with Gasteiger partial charge in [0.05, 0.1) is 6.04 Å². The summed E-state index contributed by atoms with van der Waals surface area (Å²) in [6, 6.07) is 53.0. The van der Waals surface area contributed by atoms with Gasteiger partial charge in [0, 0.05) is 29.8 Å². The Hall–Kier alpha value is -5.60. The van der Waals surface area contributed by atoms with Crippen LogP contribution in [0.25, 0.3) is 33.0 Å². The molecule has 6 aromatic carbocycles. The monoisotopic (exact) mass is 636 g/mol. The molecule has 2 heteroatoms. The standard InChI is InChI=1S/C45H38N2.C2H6/c1-46(41-23-15-36(16-24-41)33-9-3-2-4-10-33)42-25-17-37(18-26-42)38-19-27-43(28-20-38)47(44-29-21-34-11-5-7-13-39(34)31-44)45-30-22-35-12-6-8-14-40(35)32-45;1-2/h2-5,7-11,13-31,45H,6,12,32H2,1H3;1-2H3. The molecule has 0 saturated heterocycles. The molecule has 0 heterocycles. The van der Waals surface area contributed by atoms with Crippen molar-refractivity contribution in [1.82, 2.24) is 0 Å². The average Bonchev–Trinajstić information content (AvgIpc) is 3.19. The summed E-state index contributed by atoms with van der Waals surface area (Å²) in [5.74, 6) is 0. The molecule has 8 rings (SSSR count). The quantitative estimate of drug-likeness (QED) is 0.172. The largest absolute Gasteiger partial charge is 0.345 e. The van der Waals surface area contributed by atoms with Crippen molar-refractivity contribution >= 4 is 33.5 Å². The Morgan fingerprint density at radius 3 is 1.65 bits per heavy atom. The molecule has 0 amide bonds. The Morgan fingerprint density at radius 1 is 0.490 bits per heavy atom. The van der Waals surface area contributed by atoms with Gasteiger partial charge in [-0.15, -0.1) is 0 Å². The smallest absolute Gasteiger partial charge is 0.0565 e. The van der Waals surface area contributed by atoms with Gasteiger partial charge in [-0.05, 0) is 112 Å². The summed E-state index contributed by atoms with van der Waals surface area (Å²) in [5, 5.41) is 2.53. The van der Waals surface area contributed by atoms with E-state index in [0.717, 1.165) is 24.9 Å². The first-order valence-corrected chi connectivity index (χ1v) is 17.6. The van der Waals surface area contributed by atoms with Crippen molar-refractivity contribution in [2.45, 2.75) is 39.2 Å². The van der Waals surface area contributed by atoms with Crippen LogP contribution in [0.4, 0.5) is 22.7 Å². The van der Waals surface area contributed by atoms with Crippen LogP contribution in [0.5, 0.6) is 0 Å². The molecule has 0 fully saturated rings. The average molecular weight is 637 g/mol. The van der Waals surface area contributed by atoms with E-state index in [4.69, 9.17) is 0 Å². The minimum atomic E-state index is 0.250. The van der Waals surface area contributed by atoms with Gasteiger partial charge in [0.15, 0.2) is 0 Å². The first kappa shape index (κ1) is 32.0. The SMILES string of the molecule is CC.CN(c1ccc(-c2ccccc2)cc1)c1ccc(-c2ccc(N(c3ccc4ccccc4c3)C3C=CC4=C(C=CCC4)C3)cc2)cc1. The van der Waals surface area contributed by atoms with E-state index in [2.05, 4.69) is 187 Å². The van der Waals surface area contributed by atoms with Crippen molar-refractivity contribution in [3.63, 3.8) is 0 Å². The number of benzene rings is 6. The van der Waals surface area contributed by atoms with Gasteiger partial charge in [0.2, 0.25) is 0 Å². The van der Waals surface area contributed by atoms with E-state index < -0.39 is 0 Å². The molecule has 0 spiro atoms. The Bertz CT molecular complexity index is 2100. The summed E-state index contributed by atoms with van der Waals surface area (Å²) in [4.78, 5) is 4.75. The number of hydrogen-bond acceptors (Lipinski definition) is 2. The highest BCUT2D eigenvalue weighted by molar-refractivity contribution is 5.87. The van der Waals surface area contributed by atoms with Crippen molar-refractivity contribution in [1.29, 1.82) is 0 Å². The number of anilines is 4. The Morgan fingerprint density at radius 2 is 1.02 bits per heavy atom. The zero-order chi connectivity index (χ0) is 33.6. The maximum atomic E-state index is 2.51. The van der Waals surface area contributed by atoms with E-state index in [9.17, 15) is 0 Å². The predicted molar refractivity (Wildman–Crippen MR) is 212 cm³/mol. The van der Waals surface area contributed by atoms with E-state index >= 15 is 0 Å². The summed E-state index contributed by atoms with van der Waals surface area (Å²) in [6.07, 6.45) is 12.8. The number of allylic oxidation sites excluding steroid dienone is 4. The molecule has 2 aliphatic rings. The lowest BCUT2D eigenvalue weighted by Crippen LogP contribution is -2.31. The molecule has 0 aromatic heterocycles. The fraction of sp³-hybridized carbons (Fsp3) is 0.149. The van der Waals surface area contributed by atoms with Crippen molar-refractivity contribution < 1.29 is 0 Å². The molecular weight excluding hydrogens is 593 g/mol. The molecule has 242 valence electrons. The van der Waals surface area contributed by atoms with Gasteiger partial charge >= 0.3 is 0 Å². The minimum absolute atomic E-state index is 0.250. The summed E-state index contributed by atoms with van der Waals surface area (Å²) in [5.41, 5.74) is 12.6. The molecule has 1 unspecified atom stereocenters. The second kappa shape index (κ2) is 14.7. The van der Waals surface area contributed by atoms with Gasteiger partial charge in [0.25, 0.3) is 0 Å². The first-order chi connectivity index (χ1) is 24.2. The number of nitrogens with zero attached hydrogens (tertiary/aromatic N) is 2. The van der Waals surface area contributed by atoms with E-state index in [1.165, 1.54) is 61.2 Å². The van der Waals surface area contributed by atoms with Crippen LogP contribution < -0.4 is 9.80 Å². The molecule has 0 saturated carbocycles. The lowest BCUT2D eigenvalue weighted by molar-refractivity contribution is 0.745. The normalized spacial score (nSPS) is 15.0. The van der Waals surface area contributed by atoms with E-state index in [1.54, 1.807) is 0 Å². The van der Waals surface area contributed by atoms with Gasteiger partial charge in [0.1, 0.15) is 0 Å². The second-order valence-electron chi connectivity index (χ2n) is 12.6. The molecule has 0 bridgehead atoms. The van der Waals surface area contributed by atoms with E-state index in [1.807, 2.05) is 13.8 Å². The van der Waals surface area contributed by atoms with Crippen LogP contribution in [0.1, 0.15) is 33.1 Å². The van der Waals surface area contributed by atoms with Gasteiger partial charge < -0.3 is 9.80 Å². The first-order valence-electron chi connectivity index (χ1n) is 17.6. The molecule has 6 aromatic rings. The van der Waals surface area contributed by atoms with Crippen molar-refractivity contribution in [2.75, 3.05) is 16.8 Å². The Kier molecular flexibility index (Phi) is 9.57. The second-order valence-corrected chi connectivity index (χ2v) is 12.6. The topological polar surface area (TPSA) is 6.48 Å². The lowest BCUT2D eigenvalue weighted by Gasteiger charge is -2.35. The van der Waals surface area contributed by atoms with Gasteiger partial charge in [-0.1, -0.05) is 135 Å². The third-order valence-electron chi connectivity index (χ3n) is 9.70. The molecule has 0 radical (unpaired) electrons. The molecule has 1 atom stereocenters. The van der Waals surface area contributed by atoms with Crippen LogP contribution in [0.15, 0.2) is 181 Å². The maximum Gasteiger partial charge on any atom is 0.0565 e. The highest BCUT2D eigenvalue weighted by Gasteiger charge is 2.24. The molecule has 2 nitrogen and oxygen atoms in total. The van der Waals surface area contributed by atoms with Crippen molar-refractivity contribution in [2.24, 2.45) is 0 Å². The fourth-order valence-electron chi connectivity index (χ4n) is 7.03. The number of rotatable bonds is 7. The minimum Gasteiger partial charge on any atom is -0.345 e. The van der Waals surface area contributed by atoms with Crippen LogP contribution in [0.2, 0.25) is 0 Å². The van der Waals surface area contributed by atoms with E-state index in [-0.39, 0.29) is 6.04 Å². The zero-order valence-corrected chi connectivity index (χ0v) is 28.8. The van der Waals surface area contributed by atoms with Crippen LogP contribution in [-0.4, -0.2) is 13.1 Å². The van der Waals surface area contributed by atoms with Crippen LogP contribution in [0, 0.1) is 0 Å². The van der Waals surface area contributed by atoms with Crippen molar-refractivity contribution in [3.05, 3.63) is 181 Å². The third-order valence-corrected chi connectivity index (χ3v) is 9.70. The molecule has 0 N–H and O–H groups in total. The summed E-state index contributed by atoms with van der Waals surface area (Å²) in [7, 11) is 2.13. The fourth-order valence-corrected chi connectivity index (χ4v) is 7.03.